The Hall–Kier alpha value is -1.37. The highest BCUT2D eigenvalue weighted by molar-refractivity contribution is 5.83. The summed E-state index contributed by atoms with van der Waals surface area (Å²) in [5.41, 5.74) is -0.550. The average Bonchev–Trinajstić information content (AvgIpc) is 2.11. The van der Waals surface area contributed by atoms with E-state index >= 15 is 0 Å². The van der Waals surface area contributed by atoms with Gasteiger partial charge in [0.05, 0.1) is 11.5 Å². The van der Waals surface area contributed by atoms with Crippen LogP contribution in [-0.4, -0.2) is 18.2 Å². The fraction of sp³-hybridized carbons (Fsp3) is 0.700. The topological polar surface area (TPSA) is 70.0 Å². The van der Waals surface area contributed by atoms with Gasteiger partial charge in [-0.05, 0) is 20.8 Å². The summed E-state index contributed by atoms with van der Waals surface area (Å²) in [6.07, 6.45) is 0.468. The van der Waals surface area contributed by atoms with Crippen LogP contribution in [0.2, 0.25) is 0 Å². The molecule has 1 N–H and O–H groups in total. The molecule has 4 heteroatoms. The molecule has 14 heavy (non-hydrogen) atoms. The number of carbonyl (C=O) groups is 2. The van der Waals surface area contributed by atoms with Crippen molar-refractivity contribution in [2.75, 3.05) is 6.54 Å². The molecule has 0 aliphatic carbocycles. The lowest BCUT2D eigenvalue weighted by Gasteiger charge is -2.15. The minimum atomic E-state index is -0.550. The van der Waals surface area contributed by atoms with Gasteiger partial charge in [0.25, 0.3) is 0 Å². The molecule has 0 unspecified atom stereocenters. The van der Waals surface area contributed by atoms with E-state index in [4.69, 9.17) is 5.26 Å². The number of nitrogens with zero attached hydrogens (tertiary/aromatic N) is 1. The molecule has 0 rings (SSSR count). The van der Waals surface area contributed by atoms with Gasteiger partial charge in [-0.15, -0.1) is 0 Å². The smallest absolute Gasteiger partial charge is 0.220 e. The Morgan fingerprint density at radius 2 is 1.93 bits per heavy atom. The summed E-state index contributed by atoms with van der Waals surface area (Å²) in [5, 5.41) is 11.3. The monoisotopic (exact) mass is 196 g/mol. The normalized spacial score (nSPS) is 10.4. The van der Waals surface area contributed by atoms with Gasteiger partial charge >= 0.3 is 0 Å². The summed E-state index contributed by atoms with van der Waals surface area (Å²) in [4.78, 5) is 21.7. The zero-order chi connectivity index (χ0) is 11.2. The van der Waals surface area contributed by atoms with E-state index in [0.29, 0.717) is 6.54 Å². The Balaban J connectivity index is 3.76. The van der Waals surface area contributed by atoms with Crippen LogP contribution in [-0.2, 0) is 9.59 Å². The third-order valence-corrected chi connectivity index (χ3v) is 1.73. The molecule has 0 aliphatic rings. The first-order valence-electron chi connectivity index (χ1n) is 4.55. The standard InChI is InChI=1S/C10H16N2O2/c1-8(13)4-5-9(14)12-7-10(2,3)6-11/h4-5,7H2,1-3H3,(H,12,14). The summed E-state index contributed by atoms with van der Waals surface area (Å²) < 4.78 is 0. The second-order valence-electron chi connectivity index (χ2n) is 3.97. The van der Waals surface area contributed by atoms with Gasteiger partial charge in [0, 0.05) is 19.4 Å². The van der Waals surface area contributed by atoms with Crippen molar-refractivity contribution in [2.45, 2.75) is 33.6 Å². The fourth-order valence-corrected chi connectivity index (χ4v) is 0.737. The van der Waals surface area contributed by atoms with Crippen molar-refractivity contribution in [1.82, 2.24) is 5.32 Å². The molecular weight excluding hydrogens is 180 g/mol. The van der Waals surface area contributed by atoms with Crippen LogP contribution in [0.25, 0.3) is 0 Å². The molecule has 4 nitrogen and oxygen atoms in total. The number of Topliss-reactive ketones (excluding diaryl/α,β-unsaturated/α-hetero) is 1. The zero-order valence-electron chi connectivity index (χ0n) is 8.89. The summed E-state index contributed by atoms with van der Waals surface area (Å²) in [5.74, 6) is -0.178. The molecule has 0 heterocycles. The van der Waals surface area contributed by atoms with Gasteiger partial charge in [-0.25, -0.2) is 0 Å². The van der Waals surface area contributed by atoms with Crippen molar-refractivity contribution < 1.29 is 9.59 Å². The number of rotatable bonds is 5. The van der Waals surface area contributed by atoms with E-state index < -0.39 is 5.41 Å². The fourth-order valence-electron chi connectivity index (χ4n) is 0.737. The third-order valence-electron chi connectivity index (χ3n) is 1.73. The van der Waals surface area contributed by atoms with Crippen LogP contribution < -0.4 is 5.32 Å². The summed E-state index contributed by atoms with van der Waals surface area (Å²) in [6, 6.07) is 2.08. The number of carbonyl (C=O) groups excluding carboxylic acids is 2. The van der Waals surface area contributed by atoms with Crippen LogP contribution in [0.4, 0.5) is 0 Å². The van der Waals surface area contributed by atoms with E-state index in [1.807, 2.05) is 0 Å². The molecule has 0 aliphatic heterocycles. The first-order valence-corrected chi connectivity index (χ1v) is 4.55. The molecule has 0 fully saturated rings. The Morgan fingerprint density at radius 1 is 1.36 bits per heavy atom. The van der Waals surface area contributed by atoms with E-state index in [1.54, 1.807) is 13.8 Å². The van der Waals surface area contributed by atoms with Crippen LogP contribution in [0.15, 0.2) is 0 Å². The average molecular weight is 196 g/mol. The lowest BCUT2D eigenvalue weighted by Crippen LogP contribution is -2.33. The largest absolute Gasteiger partial charge is 0.355 e. The molecule has 0 aromatic heterocycles. The molecule has 0 aromatic rings. The first kappa shape index (κ1) is 12.6. The van der Waals surface area contributed by atoms with Crippen molar-refractivity contribution in [1.29, 1.82) is 5.26 Å². The number of hydrogen-bond donors (Lipinski definition) is 1. The van der Waals surface area contributed by atoms with E-state index in [2.05, 4.69) is 11.4 Å². The van der Waals surface area contributed by atoms with Gasteiger partial charge in [0.1, 0.15) is 5.78 Å². The molecular formula is C10H16N2O2. The van der Waals surface area contributed by atoms with Crippen LogP contribution in [0.3, 0.4) is 0 Å². The molecule has 0 saturated carbocycles. The maximum Gasteiger partial charge on any atom is 0.220 e. The zero-order valence-corrected chi connectivity index (χ0v) is 8.89. The minimum Gasteiger partial charge on any atom is -0.355 e. The predicted octanol–water partition coefficient (Wildman–Crippen LogP) is 1.02. The van der Waals surface area contributed by atoms with Gasteiger partial charge < -0.3 is 10.1 Å². The lowest BCUT2D eigenvalue weighted by atomic mass is 9.96. The Bertz CT molecular complexity index is 264. The number of ketones is 1. The first-order chi connectivity index (χ1) is 6.37. The van der Waals surface area contributed by atoms with E-state index in [9.17, 15) is 9.59 Å². The Morgan fingerprint density at radius 3 is 2.36 bits per heavy atom. The highest BCUT2D eigenvalue weighted by Gasteiger charge is 2.17. The van der Waals surface area contributed by atoms with Crippen LogP contribution >= 0.6 is 0 Å². The lowest BCUT2D eigenvalue weighted by molar-refractivity contribution is -0.124. The van der Waals surface area contributed by atoms with Crippen LogP contribution in [0.1, 0.15) is 33.6 Å². The molecule has 1 amide bonds. The van der Waals surface area contributed by atoms with Gasteiger partial charge in [0.2, 0.25) is 5.91 Å². The summed E-state index contributed by atoms with van der Waals surface area (Å²) in [6.45, 7) is 5.27. The molecule has 78 valence electrons. The predicted molar refractivity (Wildman–Crippen MR) is 52.3 cm³/mol. The molecule has 0 radical (unpaired) electrons. The van der Waals surface area contributed by atoms with E-state index in [1.165, 1.54) is 6.92 Å². The molecule has 0 bridgehead atoms. The van der Waals surface area contributed by atoms with Crippen molar-refractivity contribution in [3.63, 3.8) is 0 Å². The molecule has 0 spiro atoms. The van der Waals surface area contributed by atoms with Gasteiger partial charge in [-0.2, -0.15) is 5.26 Å². The second-order valence-corrected chi connectivity index (χ2v) is 3.97. The maximum atomic E-state index is 11.1. The van der Waals surface area contributed by atoms with Crippen molar-refractivity contribution in [3.8, 4) is 6.07 Å². The van der Waals surface area contributed by atoms with Crippen LogP contribution in [0, 0.1) is 16.7 Å². The number of amides is 1. The Kier molecular flexibility index (Phi) is 4.85. The Labute approximate surface area is 84.3 Å². The summed E-state index contributed by atoms with van der Waals surface area (Å²) >= 11 is 0. The van der Waals surface area contributed by atoms with Gasteiger partial charge in [-0.3, -0.25) is 4.79 Å². The molecule has 0 atom stereocenters. The molecule has 0 saturated heterocycles. The van der Waals surface area contributed by atoms with Gasteiger partial charge in [0.15, 0.2) is 0 Å². The quantitative estimate of drug-likeness (QED) is 0.713. The van der Waals surface area contributed by atoms with Crippen molar-refractivity contribution in [3.05, 3.63) is 0 Å². The van der Waals surface area contributed by atoms with Gasteiger partial charge in [-0.1, -0.05) is 0 Å². The molecule has 0 aromatic carbocycles. The number of hydrogen-bond acceptors (Lipinski definition) is 3. The van der Waals surface area contributed by atoms with Crippen molar-refractivity contribution in [2.24, 2.45) is 5.41 Å². The number of nitrogens with one attached hydrogen (secondary N) is 1. The van der Waals surface area contributed by atoms with E-state index in [-0.39, 0.29) is 24.5 Å². The van der Waals surface area contributed by atoms with Crippen molar-refractivity contribution >= 4 is 11.7 Å². The highest BCUT2D eigenvalue weighted by Crippen LogP contribution is 2.10. The highest BCUT2D eigenvalue weighted by atomic mass is 16.2. The summed E-state index contributed by atoms with van der Waals surface area (Å²) in [7, 11) is 0. The van der Waals surface area contributed by atoms with Crippen LogP contribution in [0.5, 0.6) is 0 Å². The minimum absolute atomic E-state index is 0.000284. The maximum absolute atomic E-state index is 11.1. The second kappa shape index (κ2) is 5.38. The van der Waals surface area contributed by atoms with E-state index in [0.717, 1.165) is 0 Å². The SMILES string of the molecule is CC(=O)CCC(=O)NCC(C)(C)C#N. The number of nitriles is 1. The third kappa shape index (κ3) is 6.18.